The molecule has 0 unspecified atom stereocenters. The van der Waals surface area contributed by atoms with Gasteiger partial charge in [0, 0.05) is 12.0 Å². The van der Waals surface area contributed by atoms with Gasteiger partial charge in [0.2, 0.25) is 5.72 Å². The normalized spacial score (nSPS) is 21.0. The number of amides is 1. The molecule has 0 saturated heterocycles. The lowest BCUT2D eigenvalue weighted by molar-refractivity contribution is -0.164. The standard InChI is InChI=1S/C16H12F4N2O2/c17-13(18)12-8-16(24,15(19)20)22(21-12)14(23)11-7-3-5-9-4-1-2-6-10(9)11/h1-7,13,15,24H,8H2/t16-/m1/s1. The Morgan fingerprint density at radius 1 is 1.12 bits per heavy atom. The summed E-state index contributed by atoms with van der Waals surface area (Å²) >= 11 is 0. The Labute approximate surface area is 134 Å². The van der Waals surface area contributed by atoms with Gasteiger partial charge in [0.05, 0.1) is 0 Å². The first-order chi connectivity index (χ1) is 11.3. The molecule has 126 valence electrons. The molecule has 1 atom stereocenters. The minimum absolute atomic E-state index is 0.00792. The SMILES string of the molecule is O=C(c1cccc2ccccc12)N1N=C(C(F)F)C[C@@]1(O)C(F)F. The molecule has 0 aliphatic carbocycles. The van der Waals surface area contributed by atoms with Gasteiger partial charge in [0.1, 0.15) is 5.71 Å². The van der Waals surface area contributed by atoms with Crippen molar-refractivity contribution in [1.29, 1.82) is 0 Å². The highest BCUT2D eigenvalue weighted by Gasteiger charge is 2.53. The van der Waals surface area contributed by atoms with E-state index in [1.54, 1.807) is 30.3 Å². The predicted molar refractivity (Wildman–Crippen MR) is 79.1 cm³/mol. The predicted octanol–water partition coefficient (Wildman–Crippen LogP) is 3.26. The molecule has 0 radical (unpaired) electrons. The largest absolute Gasteiger partial charge is 0.364 e. The smallest absolute Gasteiger partial charge is 0.287 e. The summed E-state index contributed by atoms with van der Waals surface area (Å²) in [4.78, 5) is 12.6. The summed E-state index contributed by atoms with van der Waals surface area (Å²) in [6.07, 6.45) is -7.68. The van der Waals surface area contributed by atoms with Crippen molar-refractivity contribution in [3.8, 4) is 0 Å². The lowest BCUT2D eigenvalue weighted by atomic mass is 10.0. The second kappa shape index (κ2) is 5.86. The number of alkyl halides is 4. The molecule has 24 heavy (non-hydrogen) atoms. The highest BCUT2D eigenvalue weighted by Crippen LogP contribution is 2.35. The van der Waals surface area contributed by atoms with Crippen LogP contribution in [0.1, 0.15) is 16.8 Å². The van der Waals surface area contributed by atoms with Crippen LogP contribution < -0.4 is 0 Å². The molecule has 1 amide bonds. The third-order valence-electron chi connectivity index (χ3n) is 3.85. The first-order valence-electron chi connectivity index (χ1n) is 7.03. The molecule has 0 aromatic heterocycles. The van der Waals surface area contributed by atoms with Gasteiger partial charge >= 0.3 is 0 Å². The number of nitrogens with zero attached hydrogens (tertiary/aromatic N) is 2. The van der Waals surface area contributed by atoms with Crippen LogP contribution >= 0.6 is 0 Å². The van der Waals surface area contributed by atoms with Gasteiger partial charge in [-0.05, 0) is 16.8 Å². The number of benzene rings is 2. The molecule has 0 bridgehead atoms. The lowest BCUT2D eigenvalue weighted by Crippen LogP contribution is -2.51. The third kappa shape index (κ3) is 2.52. The second-order valence-electron chi connectivity index (χ2n) is 5.39. The molecular formula is C16H12F4N2O2. The number of aliphatic hydroxyl groups is 1. The third-order valence-corrected chi connectivity index (χ3v) is 3.85. The zero-order valence-corrected chi connectivity index (χ0v) is 12.2. The van der Waals surface area contributed by atoms with Crippen LogP contribution in [0.2, 0.25) is 0 Å². The molecule has 0 spiro atoms. The quantitative estimate of drug-likeness (QED) is 0.872. The Balaban J connectivity index is 2.09. The number of hydrogen-bond acceptors (Lipinski definition) is 3. The topological polar surface area (TPSA) is 52.9 Å². The van der Waals surface area contributed by atoms with Crippen LogP contribution in [-0.2, 0) is 0 Å². The van der Waals surface area contributed by atoms with E-state index in [2.05, 4.69) is 5.10 Å². The van der Waals surface area contributed by atoms with E-state index in [4.69, 9.17) is 0 Å². The van der Waals surface area contributed by atoms with Crippen molar-refractivity contribution < 1.29 is 27.5 Å². The van der Waals surface area contributed by atoms with Crippen LogP contribution in [0.5, 0.6) is 0 Å². The average Bonchev–Trinajstić information content (AvgIpc) is 2.93. The van der Waals surface area contributed by atoms with Gasteiger partial charge in [0.25, 0.3) is 18.8 Å². The molecule has 2 aromatic rings. The molecule has 0 fully saturated rings. The van der Waals surface area contributed by atoms with Gasteiger partial charge in [-0.2, -0.15) is 10.1 Å². The number of rotatable bonds is 3. The van der Waals surface area contributed by atoms with Crippen LogP contribution in [-0.4, -0.2) is 40.3 Å². The van der Waals surface area contributed by atoms with E-state index in [1.165, 1.54) is 12.1 Å². The number of fused-ring (bicyclic) bond motifs is 1. The zero-order valence-electron chi connectivity index (χ0n) is 12.2. The van der Waals surface area contributed by atoms with Crippen LogP contribution in [0, 0.1) is 0 Å². The molecular weight excluding hydrogens is 328 g/mol. The average molecular weight is 340 g/mol. The van der Waals surface area contributed by atoms with E-state index in [1.807, 2.05) is 0 Å². The molecule has 1 aliphatic heterocycles. The fourth-order valence-corrected chi connectivity index (χ4v) is 2.63. The van der Waals surface area contributed by atoms with Crippen LogP contribution in [0.3, 0.4) is 0 Å². The molecule has 0 saturated carbocycles. The summed E-state index contributed by atoms with van der Waals surface area (Å²) in [5, 5.41) is 14.5. The number of halogens is 4. The van der Waals surface area contributed by atoms with Crippen LogP contribution in [0.15, 0.2) is 47.6 Å². The number of hydrogen-bond donors (Lipinski definition) is 1. The van der Waals surface area contributed by atoms with E-state index < -0.39 is 36.6 Å². The first-order valence-corrected chi connectivity index (χ1v) is 7.03. The Morgan fingerprint density at radius 3 is 2.46 bits per heavy atom. The summed E-state index contributed by atoms with van der Waals surface area (Å²) in [7, 11) is 0. The Morgan fingerprint density at radius 2 is 1.79 bits per heavy atom. The van der Waals surface area contributed by atoms with Gasteiger partial charge < -0.3 is 5.11 Å². The first kappa shape index (κ1) is 16.4. The van der Waals surface area contributed by atoms with Gasteiger partial charge in [0.15, 0.2) is 0 Å². The summed E-state index contributed by atoms with van der Waals surface area (Å²) in [5.74, 6) is -1.06. The highest BCUT2D eigenvalue weighted by atomic mass is 19.3. The number of hydrazone groups is 1. The van der Waals surface area contributed by atoms with Crippen LogP contribution in [0.25, 0.3) is 10.8 Å². The summed E-state index contributed by atoms with van der Waals surface area (Å²) in [6, 6.07) is 11.3. The van der Waals surface area contributed by atoms with E-state index in [0.717, 1.165) is 0 Å². The van der Waals surface area contributed by atoms with E-state index in [-0.39, 0.29) is 10.6 Å². The summed E-state index contributed by atoms with van der Waals surface area (Å²) in [5.41, 5.74) is -4.04. The minimum Gasteiger partial charge on any atom is -0.364 e. The van der Waals surface area contributed by atoms with E-state index in [9.17, 15) is 27.5 Å². The lowest BCUT2D eigenvalue weighted by Gasteiger charge is -2.30. The van der Waals surface area contributed by atoms with Crippen molar-refractivity contribution in [2.75, 3.05) is 0 Å². The Bertz CT molecular complexity index is 819. The van der Waals surface area contributed by atoms with Crippen molar-refractivity contribution in [3.63, 3.8) is 0 Å². The van der Waals surface area contributed by atoms with Gasteiger partial charge in [-0.1, -0.05) is 36.4 Å². The minimum atomic E-state index is -3.45. The monoisotopic (exact) mass is 340 g/mol. The van der Waals surface area contributed by atoms with Crippen molar-refractivity contribution in [3.05, 3.63) is 48.0 Å². The number of carbonyl (C=O) groups excluding carboxylic acids is 1. The van der Waals surface area contributed by atoms with E-state index >= 15 is 0 Å². The molecule has 1 heterocycles. The maximum Gasteiger partial charge on any atom is 0.287 e. The Kier molecular flexibility index (Phi) is 4.00. The number of carbonyl (C=O) groups is 1. The highest BCUT2D eigenvalue weighted by molar-refractivity contribution is 6.08. The molecule has 1 aliphatic rings. The van der Waals surface area contributed by atoms with Crippen molar-refractivity contribution in [2.45, 2.75) is 25.0 Å². The summed E-state index contributed by atoms with van der Waals surface area (Å²) < 4.78 is 52.1. The Hall–Kier alpha value is -2.48. The van der Waals surface area contributed by atoms with Gasteiger partial charge in [-0.15, -0.1) is 0 Å². The zero-order chi connectivity index (χ0) is 17.5. The van der Waals surface area contributed by atoms with Gasteiger partial charge in [-0.25, -0.2) is 17.6 Å². The molecule has 1 N–H and O–H groups in total. The summed E-state index contributed by atoms with van der Waals surface area (Å²) in [6.45, 7) is 0. The fourth-order valence-electron chi connectivity index (χ4n) is 2.63. The molecule has 2 aromatic carbocycles. The van der Waals surface area contributed by atoms with Crippen molar-refractivity contribution >= 4 is 22.4 Å². The maximum atomic E-state index is 13.2. The fraction of sp³-hybridized carbons (Fsp3) is 0.250. The van der Waals surface area contributed by atoms with Crippen molar-refractivity contribution in [1.82, 2.24) is 5.01 Å². The van der Waals surface area contributed by atoms with Crippen molar-refractivity contribution in [2.24, 2.45) is 5.10 Å². The second-order valence-corrected chi connectivity index (χ2v) is 5.39. The maximum absolute atomic E-state index is 13.2. The molecule has 4 nitrogen and oxygen atoms in total. The van der Waals surface area contributed by atoms with E-state index in [0.29, 0.717) is 10.8 Å². The van der Waals surface area contributed by atoms with Crippen LogP contribution in [0.4, 0.5) is 17.6 Å². The molecule has 3 rings (SSSR count). The van der Waals surface area contributed by atoms with Gasteiger partial charge in [-0.3, -0.25) is 4.79 Å². The molecule has 8 heteroatoms.